The molecule has 36 heavy (non-hydrogen) atoms. The van der Waals surface area contributed by atoms with Crippen LogP contribution in [0.3, 0.4) is 0 Å². The smallest absolute Gasteiger partial charge is 0.204 e. The van der Waals surface area contributed by atoms with Gasteiger partial charge in [-0.05, 0) is 36.2 Å². The molecule has 212 valence electrons. The average Bonchev–Trinajstić information content (AvgIpc) is 2.99. The van der Waals surface area contributed by atoms with E-state index in [1.54, 1.807) is 19.2 Å². The lowest BCUT2D eigenvalue weighted by Crippen LogP contribution is -1.88. The second-order valence-corrected chi connectivity index (χ2v) is 4.92. The predicted octanol–water partition coefficient (Wildman–Crippen LogP) is 8.83. The largest absolute Gasteiger partial charge is 0.497 e. The standard InChI is InChI=1S/C9H12O.C6H5N3.C4H10.5C2H6.CH3NO/c1-3-8-5-4-6-9(7-8)10-2;7-3-5-1-2-6(8)9-4-5;1-3-4-2;5*1-2;2-1-3/h4-7H,3H2,1-2H3;1-2,4H,(H2,8,9);3-4H2,1-2H3;5*1-2H3;1H,(H2,2,3). The number of carbonyl (C=O) groups excluding carboxylic acids is 1. The molecule has 0 spiro atoms. The fourth-order valence-corrected chi connectivity index (χ4v) is 1.36. The highest BCUT2D eigenvalue weighted by Gasteiger charge is 1.90. The molecule has 0 radical (unpaired) electrons. The molecule has 0 unspecified atom stereocenters. The number of hydrogen-bond donors (Lipinski definition) is 2. The molecular formula is C30H60N4O2. The van der Waals surface area contributed by atoms with E-state index < -0.39 is 0 Å². The number of nitrogen functional groups attached to an aromatic ring is 1. The van der Waals surface area contributed by atoms with Gasteiger partial charge in [0.25, 0.3) is 0 Å². The number of pyridine rings is 1. The van der Waals surface area contributed by atoms with Gasteiger partial charge in [-0.25, -0.2) is 4.98 Å². The van der Waals surface area contributed by atoms with Gasteiger partial charge in [0.1, 0.15) is 17.6 Å². The SMILES string of the molecule is CC.CC.CC.CC.CC.CCCC.CCc1cccc(OC)c1.N#Cc1ccc(N)nc1.NC=O. The number of aromatic nitrogens is 1. The minimum atomic E-state index is 0.250. The molecule has 0 aliphatic heterocycles. The van der Waals surface area contributed by atoms with E-state index in [0.717, 1.165) is 12.2 Å². The Labute approximate surface area is 225 Å². The number of carbonyl (C=O) groups is 1. The van der Waals surface area contributed by atoms with Crippen LogP contribution in [0.4, 0.5) is 5.82 Å². The summed E-state index contributed by atoms with van der Waals surface area (Å²) in [5.41, 5.74) is 11.3. The molecule has 0 bridgehead atoms. The third kappa shape index (κ3) is 48.4. The van der Waals surface area contributed by atoms with E-state index in [9.17, 15) is 0 Å². The van der Waals surface area contributed by atoms with Crippen LogP contribution in [0.25, 0.3) is 0 Å². The van der Waals surface area contributed by atoms with E-state index in [2.05, 4.69) is 43.6 Å². The van der Waals surface area contributed by atoms with Crippen molar-refractivity contribution < 1.29 is 9.53 Å². The zero-order chi connectivity index (χ0) is 30.2. The van der Waals surface area contributed by atoms with E-state index in [-0.39, 0.29) is 6.41 Å². The molecule has 0 fully saturated rings. The zero-order valence-electron chi connectivity index (χ0n) is 26.1. The van der Waals surface area contributed by atoms with Gasteiger partial charge in [0.2, 0.25) is 6.41 Å². The van der Waals surface area contributed by atoms with Crippen molar-refractivity contribution in [2.24, 2.45) is 5.73 Å². The summed E-state index contributed by atoms with van der Waals surface area (Å²) in [5, 5.41) is 8.30. The maximum Gasteiger partial charge on any atom is 0.204 e. The lowest BCUT2D eigenvalue weighted by molar-refractivity contribution is -0.106. The predicted molar refractivity (Wildman–Crippen MR) is 163 cm³/mol. The van der Waals surface area contributed by atoms with Crippen LogP contribution in [0, 0.1) is 11.3 Å². The normalized spacial score (nSPS) is 6.69. The van der Waals surface area contributed by atoms with E-state index in [1.165, 1.54) is 24.6 Å². The number of hydrogen-bond acceptors (Lipinski definition) is 5. The van der Waals surface area contributed by atoms with Crippen molar-refractivity contribution in [2.45, 2.75) is 109 Å². The Morgan fingerprint density at radius 1 is 0.889 bits per heavy atom. The van der Waals surface area contributed by atoms with Crippen molar-refractivity contribution in [3.63, 3.8) is 0 Å². The van der Waals surface area contributed by atoms with Crippen LogP contribution in [-0.4, -0.2) is 18.5 Å². The fourth-order valence-electron chi connectivity index (χ4n) is 1.36. The number of anilines is 1. The maximum absolute atomic E-state index is 8.58. The van der Waals surface area contributed by atoms with Crippen molar-refractivity contribution in [1.82, 2.24) is 4.98 Å². The van der Waals surface area contributed by atoms with Crippen LogP contribution < -0.4 is 16.2 Å². The highest BCUT2D eigenvalue weighted by atomic mass is 16.5. The third-order valence-electron chi connectivity index (χ3n) is 2.96. The Hall–Kier alpha value is -3.07. The number of primary amides is 1. The van der Waals surface area contributed by atoms with E-state index in [4.69, 9.17) is 20.5 Å². The van der Waals surface area contributed by atoms with Crippen molar-refractivity contribution in [3.05, 3.63) is 53.7 Å². The van der Waals surface area contributed by atoms with Crippen molar-refractivity contribution in [2.75, 3.05) is 12.8 Å². The molecule has 0 aliphatic rings. The summed E-state index contributed by atoms with van der Waals surface area (Å²) in [6, 6.07) is 13.3. The summed E-state index contributed by atoms with van der Waals surface area (Å²) in [6.07, 6.45) is 5.40. The highest BCUT2D eigenvalue weighted by Crippen LogP contribution is 2.12. The van der Waals surface area contributed by atoms with Gasteiger partial charge >= 0.3 is 0 Å². The molecule has 6 nitrogen and oxygen atoms in total. The van der Waals surface area contributed by atoms with Gasteiger partial charge in [0, 0.05) is 6.20 Å². The molecule has 1 aromatic heterocycles. The molecule has 2 rings (SSSR count). The van der Waals surface area contributed by atoms with Gasteiger partial charge in [0.15, 0.2) is 0 Å². The maximum atomic E-state index is 8.58. The Kier molecular flexibility index (Phi) is 80.6. The van der Waals surface area contributed by atoms with Crippen molar-refractivity contribution >= 4 is 12.2 Å². The molecule has 1 amide bonds. The van der Waals surface area contributed by atoms with Gasteiger partial charge in [-0.2, -0.15) is 5.26 Å². The summed E-state index contributed by atoms with van der Waals surface area (Å²) in [5.74, 6) is 1.38. The number of nitrogens with two attached hydrogens (primary N) is 2. The quantitative estimate of drug-likeness (QED) is 0.402. The van der Waals surface area contributed by atoms with Crippen molar-refractivity contribution in [1.29, 1.82) is 5.26 Å². The first kappa shape index (κ1) is 49.9. The first-order valence-corrected chi connectivity index (χ1v) is 13.4. The molecule has 0 atom stereocenters. The number of rotatable bonds is 3. The molecule has 1 aromatic carbocycles. The van der Waals surface area contributed by atoms with Gasteiger partial charge in [-0.1, -0.05) is 115 Å². The van der Waals surface area contributed by atoms with Gasteiger partial charge in [-0.15, -0.1) is 0 Å². The Morgan fingerprint density at radius 2 is 1.33 bits per heavy atom. The molecule has 1 heterocycles. The molecule has 4 N–H and O–H groups in total. The second-order valence-electron chi connectivity index (χ2n) is 4.92. The monoisotopic (exact) mass is 508 g/mol. The Bertz CT molecular complexity index is 604. The lowest BCUT2D eigenvalue weighted by atomic mass is 10.2. The summed E-state index contributed by atoms with van der Waals surface area (Å²) in [6.45, 7) is 26.5. The number of ether oxygens (including phenoxy) is 1. The minimum absolute atomic E-state index is 0.250. The van der Waals surface area contributed by atoms with E-state index >= 15 is 0 Å². The summed E-state index contributed by atoms with van der Waals surface area (Å²) in [4.78, 5) is 12.3. The van der Waals surface area contributed by atoms with Crippen LogP contribution >= 0.6 is 0 Å². The van der Waals surface area contributed by atoms with Gasteiger partial charge in [0.05, 0.1) is 12.7 Å². The number of nitrogens with zero attached hydrogens (tertiary/aromatic N) is 2. The summed E-state index contributed by atoms with van der Waals surface area (Å²) < 4.78 is 5.06. The lowest BCUT2D eigenvalue weighted by Gasteiger charge is -2.00. The number of methoxy groups -OCH3 is 1. The van der Waals surface area contributed by atoms with Crippen LogP contribution in [0.1, 0.15) is 114 Å². The van der Waals surface area contributed by atoms with Crippen molar-refractivity contribution in [3.8, 4) is 11.8 Å². The zero-order valence-corrected chi connectivity index (χ0v) is 26.1. The van der Waals surface area contributed by atoms with Crippen LogP contribution in [0.15, 0.2) is 42.6 Å². The van der Waals surface area contributed by atoms with E-state index in [0.29, 0.717) is 11.4 Å². The number of nitriles is 1. The molecule has 0 saturated carbocycles. The molecule has 0 saturated heterocycles. The van der Waals surface area contributed by atoms with Crippen LogP contribution in [0.2, 0.25) is 0 Å². The molecular weight excluding hydrogens is 448 g/mol. The average molecular weight is 509 g/mol. The summed E-state index contributed by atoms with van der Waals surface area (Å²) in [7, 11) is 1.69. The summed E-state index contributed by atoms with van der Waals surface area (Å²) >= 11 is 0. The van der Waals surface area contributed by atoms with E-state index in [1.807, 2.05) is 87.4 Å². The number of benzene rings is 1. The van der Waals surface area contributed by atoms with Crippen LogP contribution in [0.5, 0.6) is 5.75 Å². The highest BCUT2D eigenvalue weighted by molar-refractivity contribution is 5.42. The first-order chi connectivity index (χ1) is 17.5. The van der Waals surface area contributed by atoms with Gasteiger partial charge in [-0.3, -0.25) is 4.79 Å². The second kappa shape index (κ2) is 58.1. The van der Waals surface area contributed by atoms with Crippen LogP contribution in [-0.2, 0) is 11.2 Å². The third-order valence-corrected chi connectivity index (χ3v) is 2.96. The number of aryl methyl sites for hydroxylation is 1. The number of amides is 1. The number of unbranched alkanes of at least 4 members (excludes halogenated alkanes) is 1. The Balaban J connectivity index is -0.0000000591. The molecule has 0 aliphatic carbocycles. The topological polar surface area (TPSA) is 115 Å². The fraction of sp³-hybridized carbons (Fsp3) is 0.567. The van der Waals surface area contributed by atoms with Gasteiger partial charge < -0.3 is 16.2 Å². The first-order valence-electron chi connectivity index (χ1n) is 13.4. The minimum Gasteiger partial charge on any atom is -0.497 e. The molecule has 2 aromatic rings. The Morgan fingerprint density at radius 3 is 1.61 bits per heavy atom. The molecule has 6 heteroatoms.